The summed E-state index contributed by atoms with van der Waals surface area (Å²) >= 11 is 0. The molecule has 1 heterocycles. The predicted molar refractivity (Wildman–Crippen MR) is 46.2 cm³/mol. The van der Waals surface area contributed by atoms with Gasteiger partial charge >= 0.3 is 5.97 Å². The molecule has 4 heteroatoms. The molecular weight excluding hydrogens is 170 g/mol. The summed E-state index contributed by atoms with van der Waals surface area (Å²) in [5.74, 6) is -1.58. The first-order valence-corrected chi connectivity index (χ1v) is 3.88. The summed E-state index contributed by atoms with van der Waals surface area (Å²) in [5.41, 5.74) is 0.569. The molecule has 13 heavy (non-hydrogen) atoms. The van der Waals surface area contributed by atoms with Gasteiger partial charge in [0.15, 0.2) is 5.92 Å². The van der Waals surface area contributed by atoms with Crippen LogP contribution in [0.5, 0.6) is 0 Å². The SMILES string of the molecule is COC(=O)C(C(C)=O)c1ccc[nH]1. The topological polar surface area (TPSA) is 59.2 Å². The van der Waals surface area contributed by atoms with Crippen LogP contribution >= 0.6 is 0 Å². The molecule has 0 fully saturated rings. The molecule has 1 aromatic rings. The fraction of sp³-hybridized carbons (Fsp3) is 0.333. The molecule has 4 nitrogen and oxygen atoms in total. The van der Waals surface area contributed by atoms with Gasteiger partial charge in [0.25, 0.3) is 0 Å². The summed E-state index contributed by atoms with van der Waals surface area (Å²) in [6.45, 7) is 1.36. The molecule has 0 saturated heterocycles. The van der Waals surface area contributed by atoms with Gasteiger partial charge in [-0.1, -0.05) is 0 Å². The number of H-pyrrole nitrogens is 1. The van der Waals surface area contributed by atoms with Crippen molar-refractivity contribution in [2.24, 2.45) is 0 Å². The second-order valence-corrected chi connectivity index (χ2v) is 2.69. The van der Waals surface area contributed by atoms with Gasteiger partial charge in [0.05, 0.1) is 7.11 Å². The average Bonchev–Trinajstić information content (AvgIpc) is 2.56. The molecule has 0 saturated carbocycles. The highest BCUT2D eigenvalue weighted by Crippen LogP contribution is 2.15. The van der Waals surface area contributed by atoms with Gasteiger partial charge in [0.1, 0.15) is 5.78 Å². The number of Topliss-reactive ketones (excluding diaryl/α,β-unsaturated/α-hetero) is 1. The van der Waals surface area contributed by atoms with E-state index in [0.717, 1.165) is 0 Å². The van der Waals surface area contributed by atoms with Crippen molar-refractivity contribution in [3.63, 3.8) is 0 Å². The number of aromatic nitrogens is 1. The molecule has 70 valence electrons. The van der Waals surface area contributed by atoms with Gasteiger partial charge in [-0.3, -0.25) is 9.59 Å². The van der Waals surface area contributed by atoms with Gasteiger partial charge in [-0.25, -0.2) is 0 Å². The second-order valence-electron chi connectivity index (χ2n) is 2.69. The number of hydrogen-bond donors (Lipinski definition) is 1. The molecule has 0 spiro atoms. The van der Waals surface area contributed by atoms with E-state index < -0.39 is 11.9 Å². The van der Waals surface area contributed by atoms with Crippen LogP contribution in [-0.4, -0.2) is 23.8 Å². The van der Waals surface area contributed by atoms with Gasteiger partial charge in [-0.05, 0) is 19.1 Å². The third-order valence-corrected chi connectivity index (χ3v) is 1.78. The van der Waals surface area contributed by atoms with Gasteiger partial charge in [-0.15, -0.1) is 0 Å². The van der Waals surface area contributed by atoms with E-state index in [9.17, 15) is 9.59 Å². The summed E-state index contributed by atoms with van der Waals surface area (Å²) in [6.07, 6.45) is 1.66. The van der Waals surface area contributed by atoms with Crippen LogP contribution in [0.1, 0.15) is 18.5 Å². The number of esters is 1. The van der Waals surface area contributed by atoms with E-state index in [2.05, 4.69) is 9.72 Å². The van der Waals surface area contributed by atoms with Crippen LogP contribution in [0.2, 0.25) is 0 Å². The Morgan fingerprint density at radius 1 is 1.54 bits per heavy atom. The first-order valence-electron chi connectivity index (χ1n) is 3.88. The van der Waals surface area contributed by atoms with Gasteiger partial charge < -0.3 is 9.72 Å². The van der Waals surface area contributed by atoms with E-state index in [1.807, 2.05) is 0 Å². The number of ketones is 1. The molecule has 1 unspecified atom stereocenters. The van der Waals surface area contributed by atoms with Crippen LogP contribution in [0.4, 0.5) is 0 Å². The van der Waals surface area contributed by atoms with Crippen molar-refractivity contribution < 1.29 is 14.3 Å². The van der Waals surface area contributed by atoms with E-state index in [1.165, 1.54) is 14.0 Å². The lowest BCUT2D eigenvalue weighted by atomic mass is 10.0. The fourth-order valence-electron chi connectivity index (χ4n) is 1.15. The third-order valence-electron chi connectivity index (χ3n) is 1.78. The third kappa shape index (κ3) is 1.96. The van der Waals surface area contributed by atoms with Crippen LogP contribution in [0.15, 0.2) is 18.3 Å². The highest BCUT2D eigenvalue weighted by Gasteiger charge is 2.26. The molecular formula is C9H11NO3. The Bertz CT molecular complexity index is 303. The first kappa shape index (κ1) is 9.51. The smallest absolute Gasteiger partial charge is 0.322 e. The van der Waals surface area contributed by atoms with Crippen molar-refractivity contribution in [1.29, 1.82) is 0 Å². The van der Waals surface area contributed by atoms with Crippen LogP contribution in [0.25, 0.3) is 0 Å². The molecule has 0 bridgehead atoms. The summed E-state index contributed by atoms with van der Waals surface area (Å²) in [6, 6.07) is 3.41. The Balaban J connectivity index is 2.93. The zero-order chi connectivity index (χ0) is 9.84. The maximum absolute atomic E-state index is 11.2. The van der Waals surface area contributed by atoms with E-state index >= 15 is 0 Å². The highest BCUT2D eigenvalue weighted by molar-refractivity contribution is 6.02. The largest absolute Gasteiger partial charge is 0.468 e. The van der Waals surface area contributed by atoms with E-state index in [-0.39, 0.29) is 5.78 Å². The number of hydrogen-bond acceptors (Lipinski definition) is 3. The van der Waals surface area contributed by atoms with Gasteiger partial charge in [-0.2, -0.15) is 0 Å². The van der Waals surface area contributed by atoms with Crippen LogP contribution in [0.3, 0.4) is 0 Å². The monoisotopic (exact) mass is 181 g/mol. The minimum atomic E-state index is -0.819. The number of ether oxygens (including phenoxy) is 1. The van der Waals surface area contributed by atoms with E-state index in [0.29, 0.717) is 5.69 Å². The molecule has 0 aliphatic rings. The standard InChI is InChI=1S/C9H11NO3/c1-6(11)8(9(12)13-2)7-4-3-5-10-7/h3-5,8,10H,1-2H3. The van der Waals surface area contributed by atoms with Gasteiger partial charge in [0.2, 0.25) is 0 Å². The summed E-state index contributed by atoms with van der Waals surface area (Å²) in [5, 5.41) is 0. The Hall–Kier alpha value is -1.58. The van der Waals surface area contributed by atoms with Crippen molar-refractivity contribution in [2.75, 3.05) is 7.11 Å². The lowest BCUT2D eigenvalue weighted by molar-refractivity contribution is -0.145. The highest BCUT2D eigenvalue weighted by atomic mass is 16.5. The zero-order valence-corrected chi connectivity index (χ0v) is 7.53. The number of aromatic amines is 1. The average molecular weight is 181 g/mol. The second kappa shape index (κ2) is 3.89. The quantitative estimate of drug-likeness (QED) is 0.555. The normalized spacial score (nSPS) is 12.2. The number of carbonyl (C=O) groups excluding carboxylic acids is 2. The Kier molecular flexibility index (Phi) is 2.84. The maximum Gasteiger partial charge on any atom is 0.322 e. The minimum Gasteiger partial charge on any atom is -0.468 e. The van der Waals surface area contributed by atoms with Crippen molar-refractivity contribution >= 4 is 11.8 Å². The summed E-state index contributed by atoms with van der Waals surface area (Å²) in [4.78, 5) is 25.1. The lowest BCUT2D eigenvalue weighted by Crippen LogP contribution is -2.21. The van der Waals surface area contributed by atoms with Crippen LogP contribution < -0.4 is 0 Å². The maximum atomic E-state index is 11.2. The Morgan fingerprint density at radius 2 is 2.23 bits per heavy atom. The molecule has 0 aliphatic carbocycles. The Morgan fingerprint density at radius 3 is 2.62 bits per heavy atom. The van der Waals surface area contributed by atoms with Crippen molar-refractivity contribution in [3.8, 4) is 0 Å². The van der Waals surface area contributed by atoms with Crippen LogP contribution in [-0.2, 0) is 14.3 Å². The predicted octanol–water partition coefficient (Wildman–Crippen LogP) is 0.860. The molecule has 1 atom stereocenters. The number of nitrogens with one attached hydrogen (secondary N) is 1. The van der Waals surface area contributed by atoms with E-state index in [4.69, 9.17) is 0 Å². The van der Waals surface area contributed by atoms with Crippen molar-refractivity contribution in [2.45, 2.75) is 12.8 Å². The lowest BCUT2D eigenvalue weighted by Gasteiger charge is -2.08. The molecule has 0 aromatic carbocycles. The molecule has 1 rings (SSSR count). The van der Waals surface area contributed by atoms with Crippen LogP contribution in [0, 0.1) is 0 Å². The summed E-state index contributed by atoms with van der Waals surface area (Å²) < 4.78 is 4.52. The van der Waals surface area contributed by atoms with E-state index in [1.54, 1.807) is 18.3 Å². The van der Waals surface area contributed by atoms with Crippen molar-refractivity contribution in [3.05, 3.63) is 24.0 Å². The number of carbonyl (C=O) groups is 2. The Labute approximate surface area is 75.9 Å². The first-order chi connectivity index (χ1) is 6.16. The molecule has 1 aromatic heterocycles. The number of rotatable bonds is 3. The molecule has 1 N–H and O–H groups in total. The fourth-order valence-corrected chi connectivity index (χ4v) is 1.15. The molecule has 0 radical (unpaired) electrons. The molecule has 0 aliphatic heterocycles. The zero-order valence-electron chi connectivity index (χ0n) is 7.53. The van der Waals surface area contributed by atoms with Gasteiger partial charge in [0, 0.05) is 11.9 Å². The summed E-state index contributed by atoms with van der Waals surface area (Å²) in [7, 11) is 1.27. The molecule has 0 amide bonds. The minimum absolute atomic E-state index is 0.227. The number of methoxy groups -OCH3 is 1. The van der Waals surface area contributed by atoms with Crippen molar-refractivity contribution in [1.82, 2.24) is 4.98 Å².